The average Bonchev–Trinajstić information content (AvgIpc) is 2.28. The van der Waals surface area contributed by atoms with Gasteiger partial charge in [-0.05, 0) is 37.0 Å². The van der Waals surface area contributed by atoms with Gasteiger partial charge in [0.05, 0.1) is 5.69 Å². The lowest BCUT2D eigenvalue weighted by Crippen LogP contribution is -2.23. The van der Waals surface area contributed by atoms with Crippen LogP contribution in [-0.4, -0.2) is 9.97 Å². The fraction of sp³-hybridized carbons (Fsp3) is 0.733. The Morgan fingerprint density at radius 3 is 2.50 bits per heavy atom. The van der Waals surface area contributed by atoms with Crippen LogP contribution in [0.5, 0.6) is 0 Å². The van der Waals surface area contributed by atoms with E-state index in [-0.39, 0.29) is 5.56 Å². The van der Waals surface area contributed by atoms with Crippen molar-refractivity contribution in [3.05, 3.63) is 27.9 Å². The van der Waals surface area contributed by atoms with E-state index in [1.54, 1.807) is 6.07 Å². The molecule has 0 bridgehead atoms. The van der Waals surface area contributed by atoms with Crippen molar-refractivity contribution in [1.82, 2.24) is 9.97 Å². The van der Waals surface area contributed by atoms with Crippen LogP contribution in [0.3, 0.4) is 0 Å². The fourth-order valence-corrected chi connectivity index (χ4v) is 2.66. The van der Waals surface area contributed by atoms with E-state index in [0.717, 1.165) is 24.4 Å². The zero-order valence-electron chi connectivity index (χ0n) is 11.9. The van der Waals surface area contributed by atoms with E-state index >= 15 is 0 Å². The zero-order valence-corrected chi connectivity index (χ0v) is 11.9. The van der Waals surface area contributed by atoms with Crippen molar-refractivity contribution >= 4 is 0 Å². The van der Waals surface area contributed by atoms with E-state index in [1.807, 2.05) is 0 Å². The molecule has 2 rings (SSSR count). The van der Waals surface area contributed by atoms with Crippen LogP contribution in [0.25, 0.3) is 0 Å². The highest BCUT2D eigenvalue weighted by atomic mass is 16.1. The van der Waals surface area contributed by atoms with Gasteiger partial charge in [0.2, 0.25) is 0 Å². The Bertz CT molecular complexity index is 464. The van der Waals surface area contributed by atoms with Crippen LogP contribution in [0.4, 0.5) is 0 Å². The van der Waals surface area contributed by atoms with E-state index in [1.165, 1.54) is 12.8 Å². The second-order valence-electron chi connectivity index (χ2n) is 6.65. The van der Waals surface area contributed by atoms with Crippen LogP contribution in [-0.2, 0) is 0 Å². The van der Waals surface area contributed by atoms with Crippen molar-refractivity contribution in [3.8, 4) is 0 Å². The Morgan fingerprint density at radius 2 is 1.94 bits per heavy atom. The van der Waals surface area contributed by atoms with E-state index < -0.39 is 0 Å². The van der Waals surface area contributed by atoms with Gasteiger partial charge in [-0.25, -0.2) is 4.98 Å². The van der Waals surface area contributed by atoms with Crippen molar-refractivity contribution in [3.63, 3.8) is 0 Å². The molecule has 100 valence electrons. The molecule has 1 N–H and O–H groups in total. The average molecular weight is 248 g/mol. The summed E-state index contributed by atoms with van der Waals surface area (Å²) in [5.74, 6) is 1.65. The normalized spacial score (nSPS) is 20.3. The number of rotatable bonds is 2. The first-order valence-corrected chi connectivity index (χ1v) is 6.98. The van der Waals surface area contributed by atoms with Crippen molar-refractivity contribution in [2.24, 2.45) is 5.41 Å². The summed E-state index contributed by atoms with van der Waals surface area (Å²) < 4.78 is 0. The highest BCUT2D eigenvalue weighted by Crippen LogP contribution is 2.41. The van der Waals surface area contributed by atoms with E-state index in [2.05, 4.69) is 37.7 Å². The highest BCUT2D eigenvalue weighted by molar-refractivity contribution is 5.10. The molecular weight excluding hydrogens is 224 g/mol. The van der Waals surface area contributed by atoms with E-state index in [0.29, 0.717) is 17.3 Å². The summed E-state index contributed by atoms with van der Waals surface area (Å²) in [6, 6.07) is 1.63. The first-order valence-electron chi connectivity index (χ1n) is 6.98. The topological polar surface area (TPSA) is 45.8 Å². The molecule has 1 aromatic rings. The van der Waals surface area contributed by atoms with Gasteiger partial charge in [0.15, 0.2) is 0 Å². The molecule has 3 heteroatoms. The SMILES string of the molecule is CC(C)c1cc(=O)[nH]c(C2CCC(C)(C)CC2)n1. The Hall–Kier alpha value is -1.12. The van der Waals surface area contributed by atoms with Crippen LogP contribution < -0.4 is 5.56 Å². The predicted octanol–water partition coefficient (Wildman–Crippen LogP) is 3.58. The van der Waals surface area contributed by atoms with Gasteiger partial charge in [-0.15, -0.1) is 0 Å². The first kappa shape index (κ1) is 13.3. The van der Waals surface area contributed by atoms with Crippen molar-refractivity contribution < 1.29 is 0 Å². The van der Waals surface area contributed by atoms with Crippen LogP contribution >= 0.6 is 0 Å². The van der Waals surface area contributed by atoms with E-state index in [9.17, 15) is 4.79 Å². The van der Waals surface area contributed by atoms with Crippen LogP contribution in [0.2, 0.25) is 0 Å². The Morgan fingerprint density at radius 1 is 1.33 bits per heavy atom. The molecule has 0 radical (unpaired) electrons. The van der Waals surface area contributed by atoms with Gasteiger partial charge in [0.25, 0.3) is 5.56 Å². The van der Waals surface area contributed by atoms with Gasteiger partial charge < -0.3 is 4.98 Å². The molecular formula is C15H24N2O. The van der Waals surface area contributed by atoms with Crippen LogP contribution in [0, 0.1) is 5.41 Å². The molecule has 1 fully saturated rings. The third kappa shape index (κ3) is 3.01. The van der Waals surface area contributed by atoms with Gasteiger partial charge in [-0.3, -0.25) is 4.79 Å². The summed E-state index contributed by atoms with van der Waals surface area (Å²) in [4.78, 5) is 19.3. The molecule has 0 aromatic carbocycles. The van der Waals surface area contributed by atoms with Crippen LogP contribution in [0.15, 0.2) is 10.9 Å². The lowest BCUT2D eigenvalue weighted by molar-refractivity contribution is 0.220. The second-order valence-corrected chi connectivity index (χ2v) is 6.65. The predicted molar refractivity (Wildman–Crippen MR) is 73.9 cm³/mol. The Balaban J connectivity index is 2.21. The molecule has 0 saturated heterocycles. The van der Waals surface area contributed by atoms with Crippen molar-refractivity contribution in [1.29, 1.82) is 0 Å². The van der Waals surface area contributed by atoms with E-state index in [4.69, 9.17) is 0 Å². The highest BCUT2D eigenvalue weighted by Gasteiger charge is 2.29. The number of nitrogens with zero attached hydrogens (tertiary/aromatic N) is 1. The van der Waals surface area contributed by atoms with Gasteiger partial charge in [0, 0.05) is 12.0 Å². The van der Waals surface area contributed by atoms with Gasteiger partial charge in [0.1, 0.15) is 5.82 Å². The third-order valence-electron chi connectivity index (χ3n) is 4.10. The molecule has 1 saturated carbocycles. The Labute approximate surface area is 109 Å². The summed E-state index contributed by atoms with van der Waals surface area (Å²) in [7, 11) is 0. The Kier molecular flexibility index (Phi) is 3.60. The minimum atomic E-state index is -0.00599. The quantitative estimate of drug-likeness (QED) is 0.869. The molecule has 1 aliphatic carbocycles. The van der Waals surface area contributed by atoms with Crippen molar-refractivity contribution in [2.45, 2.75) is 65.2 Å². The fourth-order valence-electron chi connectivity index (χ4n) is 2.66. The summed E-state index contributed by atoms with van der Waals surface area (Å²) in [6.45, 7) is 8.80. The molecule has 3 nitrogen and oxygen atoms in total. The maximum Gasteiger partial charge on any atom is 0.251 e. The molecule has 1 aliphatic rings. The lowest BCUT2D eigenvalue weighted by atomic mass is 9.73. The second kappa shape index (κ2) is 4.87. The summed E-state index contributed by atoms with van der Waals surface area (Å²) in [6.07, 6.45) is 4.70. The third-order valence-corrected chi connectivity index (χ3v) is 4.10. The van der Waals surface area contributed by atoms with Crippen molar-refractivity contribution in [2.75, 3.05) is 0 Å². The molecule has 0 spiro atoms. The maximum atomic E-state index is 11.7. The lowest BCUT2D eigenvalue weighted by Gasteiger charge is -2.33. The molecule has 0 amide bonds. The summed E-state index contributed by atoms with van der Waals surface area (Å²) in [5.41, 5.74) is 1.36. The molecule has 1 aromatic heterocycles. The number of aromatic amines is 1. The van der Waals surface area contributed by atoms with Gasteiger partial charge >= 0.3 is 0 Å². The molecule has 18 heavy (non-hydrogen) atoms. The largest absolute Gasteiger partial charge is 0.310 e. The molecule has 0 atom stereocenters. The number of hydrogen-bond acceptors (Lipinski definition) is 2. The number of aromatic nitrogens is 2. The minimum absolute atomic E-state index is 0.00599. The summed E-state index contributed by atoms with van der Waals surface area (Å²) >= 11 is 0. The molecule has 0 unspecified atom stereocenters. The standard InChI is InChI=1S/C15H24N2O/c1-10(2)12-9-13(18)17-14(16-12)11-5-7-15(3,4)8-6-11/h9-11H,5-8H2,1-4H3,(H,16,17,18). The number of hydrogen-bond donors (Lipinski definition) is 1. The number of nitrogens with one attached hydrogen (secondary N) is 1. The summed E-state index contributed by atoms with van der Waals surface area (Å²) in [5, 5.41) is 0. The zero-order chi connectivity index (χ0) is 13.3. The minimum Gasteiger partial charge on any atom is -0.310 e. The van der Waals surface area contributed by atoms with Gasteiger partial charge in [-0.1, -0.05) is 27.7 Å². The monoisotopic (exact) mass is 248 g/mol. The van der Waals surface area contributed by atoms with Crippen LogP contribution in [0.1, 0.15) is 76.7 Å². The smallest absolute Gasteiger partial charge is 0.251 e. The molecule has 0 aliphatic heterocycles. The molecule has 1 heterocycles. The number of H-pyrrole nitrogens is 1. The maximum absolute atomic E-state index is 11.7. The van der Waals surface area contributed by atoms with Gasteiger partial charge in [-0.2, -0.15) is 0 Å². The first-order chi connectivity index (χ1) is 8.37.